The summed E-state index contributed by atoms with van der Waals surface area (Å²) in [5, 5.41) is 0. The van der Waals surface area contributed by atoms with Gasteiger partial charge < -0.3 is 10.6 Å². The molecule has 0 heterocycles. The van der Waals surface area contributed by atoms with Crippen LogP contribution in [0.15, 0.2) is 0 Å². The predicted molar refractivity (Wildman–Crippen MR) is 67.9 cm³/mol. The number of nitrogens with zero attached hydrogens (tertiary/aromatic N) is 1. The molecule has 0 saturated heterocycles. The molecule has 2 N–H and O–H groups in total. The molecule has 0 aliphatic carbocycles. The fraction of sp³-hybridized carbons (Fsp3) is 1.00. The van der Waals surface area contributed by atoms with Crippen LogP contribution in [-0.4, -0.2) is 43.1 Å². The highest BCUT2D eigenvalue weighted by Crippen LogP contribution is 2.15. The molecule has 0 aromatic heterocycles. The summed E-state index contributed by atoms with van der Waals surface area (Å²) in [6, 6.07) is 0. The molecule has 0 fully saturated rings. The van der Waals surface area contributed by atoms with Crippen LogP contribution in [0.5, 0.6) is 0 Å². The molecule has 14 heavy (non-hydrogen) atoms. The lowest BCUT2D eigenvalue weighted by molar-refractivity contribution is 0.191. The van der Waals surface area contributed by atoms with Gasteiger partial charge in [0.15, 0.2) is 0 Å². The minimum absolute atomic E-state index is 0.259. The first-order valence-corrected chi connectivity index (χ1v) is 6.86. The van der Waals surface area contributed by atoms with Crippen molar-refractivity contribution in [2.24, 2.45) is 11.1 Å². The van der Waals surface area contributed by atoms with E-state index < -0.39 is 0 Å². The third-order valence-corrected chi connectivity index (χ3v) is 3.17. The zero-order valence-corrected chi connectivity index (χ0v) is 11.0. The summed E-state index contributed by atoms with van der Waals surface area (Å²) in [6.07, 6.45) is 3.45. The number of rotatable bonds is 8. The summed E-state index contributed by atoms with van der Waals surface area (Å²) in [5.41, 5.74) is 5.99. The molecule has 0 saturated carbocycles. The Labute approximate surface area is 93.6 Å². The van der Waals surface area contributed by atoms with Gasteiger partial charge in [-0.05, 0) is 43.5 Å². The molecule has 0 radical (unpaired) electrons. The van der Waals surface area contributed by atoms with Gasteiger partial charge in [-0.2, -0.15) is 11.8 Å². The normalized spacial score (nSPS) is 12.4. The lowest BCUT2D eigenvalue weighted by atomic mass is 9.93. The van der Waals surface area contributed by atoms with Crippen LogP contribution in [0.1, 0.15) is 27.2 Å². The Balaban J connectivity index is 3.78. The largest absolute Gasteiger partial charge is 0.330 e. The van der Waals surface area contributed by atoms with Crippen LogP contribution in [0.4, 0.5) is 0 Å². The topological polar surface area (TPSA) is 29.3 Å². The van der Waals surface area contributed by atoms with Crippen molar-refractivity contribution in [3.8, 4) is 0 Å². The van der Waals surface area contributed by atoms with Crippen LogP contribution in [0.2, 0.25) is 0 Å². The van der Waals surface area contributed by atoms with Gasteiger partial charge in [-0.15, -0.1) is 0 Å². The van der Waals surface area contributed by atoms with Crippen molar-refractivity contribution < 1.29 is 0 Å². The second-order valence-electron chi connectivity index (χ2n) is 4.58. The first kappa shape index (κ1) is 14.3. The fourth-order valence-corrected chi connectivity index (χ4v) is 1.87. The van der Waals surface area contributed by atoms with Gasteiger partial charge in [0.1, 0.15) is 0 Å². The first-order valence-electron chi connectivity index (χ1n) is 5.47. The molecule has 0 aliphatic heterocycles. The van der Waals surface area contributed by atoms with Crippen molar-refractivity contribution in [1.82, 2.24) is 4.90 Å². The van der Waals surface area contributed by atoms with Gasteiger partial charge in [-0.25, -0.2) is 0 Å². The van der Waals surface area contributed by atoms with E-state index in [2.05, 4.69) is 31.9 Å². The minimum Gasteiger partial charge on any atom is -0.330 e. The molecular formula is C11H26N2S. The monoisotopic (exact) mass is 218 g/mol. The number of nitrogens with two attached hydrogens (primary N) is 1. The Bertz CT molecular complexity index is 137. The molecule has 0 bridgehead atoms. The summed E-state index contributed by atoms with van der Waals surface area (Å²) in [7, 11) is 0. The summed E-state index contributed by atoms with van der Waals surface area (Å²) in [4.78, 5) is 2.50. The Morgan fingerprint density at radius 2 is 2.00 bits per heavy atom. The Kier molecular flexibility index (Phi) is 7.69. The molecule has 0 unspecified atom stereocenters. The fourth-order valence-electron chi connectivity index (χ4n) is 1.45. The maximum atomic E-state index is 5.73. The van der Waals surface area contributed by atoms with Gasteiger partial charge >= 0.3 is 0 Å². The van der Waals surface area contributed by atoms with Crippen molar-refractivity contribution >= 4 is 11.8 Å². The summed E-state index contributed by atoms with van der Waals surface area (Å²) >= 11 is 1.93. The minimum atomic E-state index is 0.259. The van der Waals surface area contributed by atoms with Gasteiger partial charge in [-0.3, -0.25) is 0 Å². The highest BCUT2D eigenvalue weighted by molar-refractivity contribution is 7.98. The smallest absolute Gasteiger partial charge is 0.00446 e. The third kappa shape index (κ3) is 6.68. The van der Waals surface area contributed by atoms with Gasteiger partial charge in [0.05, 0.1) is 0 Å². The lowest BCUT2D eigenvalue weighted by Crippen LogP contribution is -2.39. The Morgan fingerprint density at radius 3 is 2.43 bits per heavy atom. The summed E-state index contributed by atoms with van der Waals surface area (Å²) in [6.45, 7) is 10.9. The van der Waals surface area contributed by atoms with Crippen molar-refractivity contribution in [3.63, 3.8) is 0 Å². The number of thioether (sulfide) groups is 1. The van der Waals surface area contributed by atoms with E-state index in [0.29, 0.717) is 0 Å². The first-order chi connectivity index (χ1) is 6.55. The molecule has 86 valence electrons. The maximum absolute atomic E-state index is 5.73. The Morgan fingerprint density at radius 1 is 1.36 bits per heavy atom. The molecule has 2 nitrogen and oxygen atoms in total. The molecule has 0 rings (SSSR count). The zero-order valence-electron chi connectivity index (χ0n) is 10.2. The van der Waals surface area contributed by atoms with Gasteiger partial charge in [0.2, 0.25) is 0 Å². The molecule has 0 amide bonds. The highest BCUT2D eigenvalue weighted by Gasteiger charge is 2.18. The molecule has 0 aromatic rings. The van der Waals surface area contributed by atoms with Gasteiger partial charge in [0.25, 0.3) is 0 Å². The summed E-state index contributed by atoms with van der Waals surface area (Å²) < 4.78 is 0. The van der Waals surface area contributed by atoms with E-state index in [9.17, 15) is 0 Å². The van der Waals surface area contributed by atoms with Crippen LogP contribution in [0.25, 0.3) is 0 Å². The SMILES string of the molecule is CCN(CCCSC)CC(C)(C)CN. The van der Waals surface area contributed by atoms with E-state index >= 15 is 0 Å². The van der Waals surface area contributed by atoms with Crippen LogP contribution in [0.3, 0.4) is 0 Å². The van der Waals surface area contributed by atoms with Crippen LogP contribution < -0.4 is 5.73 Å². The van der Waals surface area contributed by atoms with Crippen molar-refractivity contribution in [2.45, 2.75) is 27.2 Å². The van der Waals surface area contributed by atoms with Crippen LogP contribution in [-0.2, 0) is 0 Å². The standard InChI is InChI=1S/C11H26N2S/c1-5-13(7-6-8-14-4)10-11(2,3)9-12/h5-10,12H2,1-4H3. The number of hydrogen-bond donors (Lipinski definition) is 1. The third-order valence-electron chi connectivity index (χ3n) is 2.47. The zero-order chi connectivity index (χ0) is 11.0. The van der Waals surface area contributed by atoms with Gasteiger partial charge in [-0.1, -0.05) is 20.8 Å². The van der Waals surface area contributed by atoms with Crippen LogP contribution >= 0.6 is 11.8 Å². The van der Waals surface area contributed by atoms with E-state index in [4.69, 9.17) is 5.73 Å². The molecular weight excluding hydrogens is 192 g/mol. The maximum Gasteiger partial charge on any atom is 0.00446 e. The predicted octanol–water partition coefficient (Wildman–Crippen LogP) is 2.05. The average Bonchev–Trinajstić information content (AvgIpc) is 2.16. The lowest BCUT2D eigenvalue weighted by Gasteiger charge is -2.30. The molecule has 0 spiro atoms. The van der Waals surface area contributed by atoms with Crippen molar-refractivity contribution in [3.05, 3.63) is 0 Å². The van der Waals surface area contributed by atoms with E-state index in [0.717, 1.165) is 19.6 Å². The molecule has 0 aliphatic rings. The quantitative estimate of drug-likeness (QED) is 0.632. The van der Waals surface area contributed by atoms with Crippen LogP contribution in [0, 0.1) is 5.41 Å². The average molecular weight is 218 g/mol. The molecule has 3 heteroatoms. The number of hydrogen-bond acceptors (Lipinski definition) is 3. The van der Waals surface area contributed by atoms with E-state index in [1.165, 1.54) is 18.7 Å². The second kappa shape index (κ2) is 7.55. The van der Waals surface area contributed by atoms with E-state index in [-0.39, 0.29) is 5.41 Å². The van der Waals surface area contributed by atoms with E-state index in [1.807, 2.05) is 11.8 Å². The van der Waals surface area contributed by atoms with Gasteiger partial charge in [0, 0.05) is 6.54 Å². The van der Waals surface area contributed by atoms with E-state index in [1.54, 1.807) is 0 Å². The highest BCUT2D eigenvalue weighted by atomic mass is 32.2. The Hall–Kier alpha value is 0.270. The van der Waals surface area contributed by atoms with Crippen molar-refractivity contribution in [1.29, 1.82) is 0 Å². The molecule has 0 atom stereocenters. The summed E-state index contributed by atoms with van der Waals surface area (Å²) in [5.74, 6) is 1.26. The van der Waals surface area contributed by atoms with Crippen molar-refractivity contribution in [2.75, 3.05) is 38.2 Å². The molecule has 0 aromatic carbocycles. The second-order valence-corrected chi connectivity index (χ2v) is 5.57.